The second-order valence-corrected chi connectivity index (χ2v) is 8.01. The molecule has 0 saturated heterocycles. The molecule has 0 spiro atoms. The van der Waals surface area contributed by atoms with Gasteiger partial charge in [0.15, 0.2) is 0 Å². The average molecular weight is 375 g/mol. The molecule has 3 aromatic rings. The van der Waals surface area contributed by atoms with E-state index in [0.29, 0.717) is 13.0 Å². The highest BCUT2D eigenvalue weighted by Gasteiger charge is 2.67. The van der Waals surface area contributed by atoms with Crippen LogP contribution >= 0.6 is 23.2 Å². The molecule has 4 rings (SSSR count). The largest absolute Gasteiger partial charge is 0.351 e. The second-order valence-electron chi connectivity index (χ2n) is 6.52. The SMILES string of the molecule is C[C@@]1(C(=O)NCc2ccc(-n3cnc4ccccc43)nc2)CC1(Cl)Cl. The van der Waals surface area contributed by atoms with E-state index in [1.54, 1.807) is 19.4 Å². The molecule has 0 radical (unpaired) electrons. The molecule has 1 aliphatic rings. The minimum Gasteiger partial charge on any atom is -0.351 e. The summed E-state index contributed by atoms with van der Waals surface area (Å²) in [6.07, 6.45) is 3.97. The first-order valence-corrected chi connectivity index (χ1v) is 8.70. The third-order valence-electron chi connectivity index (χ3n) is 4.72. The minimum absolute atomic E-state index is 0.137. The highest BCUT2D eigenvalue weighted by molar-refractivity contribution is 6.53. The Hall–Kier alpha value is -2.11. The van der Waals surface area contributed by atoms with E-state index < -0.39 is 9.75 Å². The highest BCUT2D eigenvalue weighted by Crippen LogP contribution is 2.63. The normalized spacial score (nSPS) is 21.2. The fourth-order valence-corrected chi connectivity index (χ4v) is 3.54. The molecular weight excluding hydrogens is 359 g/mol. The van der Waals surface area contributed by atoms with Crippen LogP contribution in [-0.2, 0) is 11.3 Å². The van der Waals surface area contributed by atoms with Crippen LogP contribution in [0, 0.1) is 5.41 Å². The summed E-state index contributed by atoms with van der Waals surface area (Å²) < 4.78 is 0.972. The predicted octanol–water partition coefficient (Wildman–Crippen LogP) is 3.62. The maximum Gasteiger partial charge on any atom is 0.229 e. The summed E-state index contributed by atoms with van der Waals surface area (Å²) in [7, 11) is 0. The molecule has 2 heterocycles. The van der Waals surface area contributed by atoms with E-state index in [1.165, 1.54) is 0 Å². The zero-order valence-corrected chi connectivity index (χ0v) is 15.1. The number of aromatic nitrogens is 3. The summed E-state index contributed by atoms with van der Waals surface area (Å²) in [6, 6.07) is 11.7. The summed E-state index contributed by atoms with van der Waals surface area (Å²) in [5, 5.41) is 2.87. The van der Waals surface area contributed by atoms with Gasteiger partial charge in [-0.3, -0.25) is 9.36 Å². The number of amides is 1. The number of halogens is 2. The number of benzene rings is 1. The van der Waals surface area contributed by atoms with Crippen LogP contribution < -0.4 is 5.32 Å². The van der Waals surface area contributed by atoms with Gasteiger partial charge in [-0.15, -0.1) is 23.2 Å². The van der Waals surface area contributed by atoms with Gasteiger partial charge in [-0.05, 0) is 37.1 Å². The Balaban J connectivity index is 1.47. The van der Waals surface area contributed by atoms with Crippen molar-refractivity contribution in [1.82, 2.24) is 19.9 Å². The maximum atomic E-state index is 12.2. The van der Waals surface area contributed by atoms with Gasteiger partial charge in [0, 0.05) is 12.7 Å². The predicted molar refractivity (Wildman–Crippen MR) is 97.9 cm³/mol. The Labute approximate surface area is 155 Å². The van der Waals surface area contributed by atoms with Crippen molar-refractivity contribution in [2.45, 2.75) is 24.2 Å². The molecule has 5 nitrogen and oxygen atoms in total. The lowest BCUT2D eigenvalue weighted by molar-refractivity contribution is -0.125. The van der Waals surface area contributed by atoms with Crippen molar-refractivity contribution in [1.29, 1.82) is 0 Å². The van der Waals surface area contributed by atoms with Crippen molar-refractivity contribution >= 4 is 40.1 Å². The maximum absolute atomic E-state index is 12.2. The lowest BCUT2D eigenvalue weighted by atomic mass is 10.1. The Morgan fingerprint density at radius 2 is 2.00 bits per heavy atom. The molecule has 1 saturated carbocycles. The van der Waals surface area contributed by atoms with Gasteiger partial charge in [-0.25, -0.2) is 9.97 Å². The number of pyridine rings is 1. The molecular formula is C18H16Cl2N4O. The number of hydrogen-bond acceptors (Lipinski definition) is 3. The zero-order chi connectivity index (χ0) is 17.7. The third-order valence-corrected chi connectivity index (χ3v) is 5.82. The van der Waals surface area contributed by atoms with Gasteiger partial charge in [-0.2, -0.15) is 0 Å². The Morgan fingerprint density at radius 3 is 2.68 bits per heavy atom. The molecule has 128 valence electrons. The summed E-state index contributed by atoms with van der Waals surface area (Å²) in [4.78, 5) is 21.0. The van der Waals surface area contributed by atoms with Gasteiger partial charge in [-0.1, -0.05) is 18.2 Å². The third kappa shape index (κ3) is 2.77. The van der Waals surface area contributed by atoms with Crippen LogP contribution in [0.4, 0.5) is 0 Å². The van der Waals surface area contributed by atoms with E-state index in [0.717, 1.165) is 22.4 Å². The van der Waals surface area contributed by atoms with E-state index >= 15 is 0 Å². The minimum atomic E-state index is -0.957. The number of rotatable bonds is 4. The van der Waals surface area contributed by atoms with Crippen LogP contribution in [0.2, 0.25) is 0 Å². The second kappa shape index (κ2) is 5.71. The molecule has 1 atom stereocenters. The van der Waals surface area contributed by atoms with Crippen molar-refractivity contribution in [3.63, 3.8) is 0 Å². The van der Waals surface area contributed by atoms with Crippen LogP contribution in [0.3, 0.4) is 0 Å². The van der Waals surface area contributed by atoms with Crippen LogP contribution in [0.5, 0.6) is 0 Å². The number of nitrogens with one attached hydrogen (secondary N) is 1. The standard InChI is InChI=1S/C18H16Cl2N4O/c1-17(10-18(17,19)20)16(25)22-9-12-6-7-15(21-8-12)24-11-23-13-4-2-3-5-14(13)24/h2-8,11H,9-10H2,1H3,(H,22,25)/t17-/m0/s1. The molecule has 7 heteroatoms. The highest BCUT2D eigenvalue weighted by atomic mass is 35.5. The number of fused-ring (bicyclic) bond motifs is 1. The molecule has 1 aliphatic carbocycles. The summed E-state index contributed by atoms with van der Waals surface area (Å²) in [5.41, 5.74) is 2.11. The quantitative estimate of drug-likeness (QED) is 0.709. The molecule has 1 N–H and O–H groups in total. The lowest BCUT2D eigenvalue weighted by Crippen LogP contribution is -2.32. The van der Waals surface area contributed by atoms with Crippen molar-refractivity contribution in [3.8, 4) is 5.82 Å². The van der Waals surface area contributed by atoms with E-state index in [4.69, 9.17) is 23.2 Å². The Morgan fingerprint density at radius 1 is 1.24 bits per heavy atom. The molecule has 1 aromatic carbocycles. The summed E-state index contributed by atoms with van der Waals surface area (Å²) >= 11 is 12.1. The van der Waals surface area contributed by atoms with E-state index in [9.17, 15) is 4.79 Å². The molecule has 2 aromatic heterocycles. The number of nitrogens with zero attached hydrogens (tertiary/aromatic N) is 3. The number of hydrogen-bond donors (Lipinski definition) is 1. The van der Waals surface area contributed by atoms with Crippen LogP contribution in [0.25, 0.3) is 16.9 Å². The Bertz CT molecular complexity index is 951. The molecule has 1 fully saturated rings. The van der Waals surface area contributed by atoms with E-state index in [1.807, 2.05) is 41.0 Å². The van der Waals surface area contributed by atoms with Crippen molar-refractivity contribution < 1.29 is 4.79 Å². The summed E-state index contributed by atoms with van der Waals surface area (Å²) in [6.45, 7) is 2.16. The van der Waals surface area contributed by atoms with Gasteiger partial charge in [0.05, 0.1) is 16.4 Å². The van der Waals surface area contributed by atoms with Crippen LogP contribution in [0.1, 0.15) is 18.9 Å². The lowest BCUT2D eigenvalue weighted by Gasteiger charge is -2.12. The van der Waals surface area contributed by atoms with Crippen LogP contribution in [-0.4, -0.2) is 24.8 Å². The molecule has 25 heavy (non-hydrogen) atoms. The Kier molecular flexibility index (Phi) is 3.74. The number of carbonyl (C=O) groups is 1. The van der Waals surface area contributed by atoms with Crippen molar-refractivity contribution in [2.75, 3.05) is 0 Å². The number of carbonyl (C=O) groups excluding carboxylic acids is 1. The van der Waals surface area contributed by atoms with Gasteiger partial charge >= 0.3 is 0 Å². The van der Waals surface area contributed by atoms with Crippen LogP contribution in [0.15, 0.2) is 48.9 Å². The van der Waals surface area contributed by atoms with Crippen molar-refractivity contribution in [3.05, 3.63) is 54.5 Å². The first kappa shape index (κ1) is 16.4. The number of imidazole rings is 1. The topological polar surface area (TPSA) is 59.8 Å². The molecule has 1 amide bonds. The first-order valence-electron chi connectivity index (χ1n) is 7.94. The first-order chi connectivity index (χ1) is 11.9. The molecule has 0 aliphatic heterocycles. The van der Waals surface area contributed by atoms with Crippen molar-refractivity contribution in [2.24, 2.45) is 5.41 Å². The average Bonchev–Trinajstić information content (AvgIpc) is 2.96. The summed E-state index contributed by atoms with van der Waals surface area (Å²) in [5.74, 6) is 0.639. The smallest absolute Gasteiger partial charge is 0.229 e. The van der Waals surface area contributed by atoms with Gasteiger partial charge < -0.3 is 5.32 Å². The van der Waals surface area contributed by atoms with E-state index in [-0.39, 0.29) is 5.91 Å². The fraction of sp³-hybridized carbons (Fsp3) is 0.278. The fourth-order valence-electron chi connectivity index (χ4n) is 2.83. The molecule has 0 unspecified atom stereocenters. The van der Waals surface area contributed by atoms with Gasteiger partial charge in [0.2, 0.25) is 5.91 Å². The number of alkyl halides is 2. The molecule has 0 bridgehead atoms. The van der Waals surface area contributed by atoms with E-state index in [2.05, 4.69) is 15.3 Å². The monoisotopic (exact) mass is 374 g/mol. The zero-order valence-electron chi connectivity index (χ0n) is 13.5. The van der Waals surface area contributed by atoms with Gasteiger partial charge in [0.25, 0.3) is 0 Å². The van der Waals surface area contributed by atoms with Gasteiger partial charge in [0.1, 0.15) is 16.5 Å². The number of para-hydroxylation sites is 2.